The number of carbonyl (C=O) groups is 3. The van der Waals surface area contributed by atoms with Crippen molar-refractivity contribution < 1.29 is 14.4 Å². The van der Waals surface area contributed by atoms with Gasteiger partial charge in [0.25, 0.3) is 5.91 Å². The highest BCUT2D eigenvalue weighted by Gasteiger charge is 2.19. The van der Waals surface area contributed by atoms with Crippen LogP contribution in [0.15, 0.2) is 42.7 Å². The Labute approximate surface area is 206 Å². The van der Waals surface area contributed by atoms with E-state index in [-0.39, 0.29) is 24.1 Å². The van der Waals surface area contributed by atoms with Gasteiger partial charge in [-0.25, -0.2) is 4.68 Å². The van der Waals surface area contributed by atoms with Crippen LogP contribution in [0.25, 0.3) is 16.7 Å². The molecule has 2 amide bonds. The predicted octanol–water partition coefficient (Wildman–Crippen LogP) is 3.56. The molecule has 180 valence electrons. The first-order valence-corrected chi connectivity index (χ1v) is 11.4. The number of anilines is 1. The van der Waals surface area contributed by atoms with E-state index in [2.05, 4.69) is 25.9 Å². The van der Waals surface area contributed by atoms with Crippen molar-refractivity contribution in [1.82, 2.24) is 29.9 Å². The number of likely N-dealkylation sites (N-methyl/N-ethyl adjacent to an activating group) is 1. The maximum absolute atomic E-state index is 13.1. The highest BCUT2D eigenvalue weighted by molar-refractivity contribution is 6.31. The predicted molar refractivity (Wildman–Crippen MR) is 132 cm³/mol. The number of hydrogen-bond donors (Lipinski definition) is 2. The fraction of sp³-hybridized carbons (Fsp3) is 0.250. The molecule has 0 saturated heterocycles. The van der Waals surface area contributed by atoms with Crippen molar-refractivity contribution in [2.24, 2.45) is 0 Å². The normalized spacial score (nSPS) is 11.0. The first-order valence-electron chi connectivity index (χ1n) is 11.0. The molecule has 2 N–H and O–H groups in total. The summed E-state index contributed by atoms with van der Waals surface area (Å²) in [6, 6.07) is 8.40. The number of carbonyl (C=O) groups excluding carboxylic acids is 3. The summed E-state index contributed by atoms with van der Waals surface area (Å²) in [4.78, 5) is 37.2. The topological polar surface area (TPSA) is 124 Å². The molecule has 0 unspecified atom stereocenters. The molecule has 0 aliphatic rings. The van der Waals surface area contributed by atoms with Crippen molar-refractivity contribution >= 4 is 45.9 Å². The number of Topliss-reactive ketones (excluding diaryl/α,β-unsaturated/α-hetero) is 1. The molecule has 3 aromatic heterocycles. The zero-order valence-electron chi connectivity index (χ0n) is 19.5. The Morgan fingerprint density at radius 3 is 2.57 bits per heavy atom. The average molecular weight is 494 g/mol. The first kappa shape index (κ1) is 24.1. The van der Waals surface area contributed by atoms with Crippen LogP contribution in [0.1, 0.15) is 46.2 Å². The van der Waals surface area contributed by atoms with Crippen LogP contribution in [0, 0.1) is 6.92 Å². The molecule has 0 atom stereocenters. The van der Waals surface area contributed by atoms with Gasteiger partial charge in [-0.1, -0.05) is 18.5 Å². The van der Waals surface area contributed by atoms with Gasteiger partial charge in [0.15, 0.2) is 17.4 Å². The van der Waals surface area contributed by atoms with Crippen molar-refractivity contribution in [2.45, 2.75) is 33.2 Å². The Hall–Kier alpha value is -4.05. The minimum Gasteiger partial charge on any atom is -0.358 e. The maximum atomic E-state index is 13.1. The Morgan fingerprint density at radius 2 is 1.89 bits per heavy atom. The summed E-state index contributed by atoms with van der Waals surface area (Å²) in [5, 5.41) is 18.9. The first-order chi connectivity index (χ1) is 16.8. The zero-order valence-corrected chi connectivity index (χ0v) is 20.3. The highest BCUT2D eigenvalue weighted by Crippen LogP contribution is 2.26. The highest BCUT2D eigenvalue weighted by atomic mass is 35.5. The van der Waals surface area contributed by atoms with Crippen molar-refractivity contribution in [3.05, 3.63) is 64.6 Å². The van der Waals surface area contributed by atoms with Gasteiger partial charge in [-0.2, -0.15) is 5.10 Å². The van der Waals surface area contributed by atoms with Crippen LogP contribution in [-0.2, 0) is 11.3 Å². The standard InChI is InChI=1S/C24H24ClN7O3/c1-4-5-20(33)17-11-27-32(14(17)2)22-9-8-21(29-30-22)28-24(35)18-12-31(13-23(34)26-3)19-7-6-15(25)10-16(18)19/h6-12H,4-5,13H2,1-3H3,(H,26,34)(H,28,29,35). The van der Waals surface area contributed by atoms with E-state index in [0.717, 1.165) is 6.42 Å². The van der Waals surface area contributed by atoms with Crippen LogP contribution in [0.2, 0.25) is 5.02 Å². The summed E-state index contributed by atoms with van der Waals surface area (Å²) >= 11 is 6.15. The third-order valence-corrected chi connectivity index (χ3v) is 5.81. The molecule has 0 fully saturated rings. The summed E-state index contributed by atoms with van der Waals surface area (Å²) in [6.07, 6.45) is 4.35. The van der Waals surface area contributed by atoms with Crippen molar-refractivity contribution in [3.63, 3.8) is 0 Å². The second-order valence-electron chi connectivity index (χ2n) is 7.96. The minimum absolute atomic E-state index is 0.0313. The number of nitrogens with one attached hydrogen (secondary N) is 2. The van der Waals surface area contributed by atoms with E-state index in [0.29, 0.717) is 45.0 Å². The lowest BCUT2D eigenvalue weighted by atomic mass is 10.1. The number of amides is 2. The van der Waals surface area contributed by atoms with Gasteiger partial charge >= 0.3 is 0 Å². The van der Waals surface area contributed by atoms with E-state index in [1.807, 2.05) is 6.92 Å². The van der Waals surface area contributed by atoms with Crippen LogP contribution < -0.4 is 10.6 Å². The number of nitrogens with zero attached hydrogens (tertiary/aromatic N) is 5. The van der Waals surface area contributed by atoms with Gasteiger partial charge in [-0.05, 0) is 43.7 Å². The van der Waals surface area contributed by atoms with Crippen molar-refractivity contribution in [1.29, 1.82) is 0 Å². The molecule has 1 aromatic carbocycles. The lowest BCUT2D eigenvalue weighted by molar-refractivity contribution is -0.121. The largest absolute Gasteiger partial charge is 0.358 e. The summed E-state index contributed by atoms with van der Waals surface area (Å²) in [5.74, 6) is 0.0743. The lowest BCUT2D eigenvalue weighted by Crippen LogP contribution is -2.23. The number of hydrogen-bond acceptors (Lipinski definition) is 6. The Balaban J connectivity index is 1.57. The fourth-order valence-electron chi connectivity index (χ4n) is 3.78. The van der Waals surface area contributed by atoms with Crippen LogP contribution >= 0.6 is 11.6 Å². The minimum atomic E-state index is -0.419. The molecule has 0 saturated carbocycles. The molecule has 0 aliphatic heterocycles. The van der Waals surface area contributed by atoms with Gasteiger partial charge in [0.1, 0.15) is 6.54 Å². The molecule has 3 heterocycles. The Bertz CT molecular complexity index is 1420. The van der Waals surface area contributed by atoms with Gasteiger partial charge in [0.05, 0.1) is 23.0 Å². The molecule has 0 aliphatic carbocycles. The lowest BCUT2D eigenvalue weighted by Gasteiger charge is -2.06. The SMILES string of the molecule is CCCC(=O)c1cnn(-c2ccc(NC(=O)c3cn(CC(=O)NC)c4ccc(Cl)cc34)nn2)c1C. The molecule has 4 aromatic rings. The monoisotopic (exact) mass is 493 g/mol. The summed E-state index contributed by atoms with van der Waals surface area (Å²) in [5.41, 5.74) is 2.28. The molecule has 4 rings (SSSR count). The molecule has 35 heavy (non-hydrogen) atoms. The smallest absolute Gasteiger partial charge is 0.259 e. The van der Waals surface area contributed by atoms with E-state index in [9.17, 15) is 14.4 Å². The second-order valence-corrected chi connectivity index (χ2v) is 8.40. The third-order valence-electron chi connectivity index (χ3n) is 5.58. The number of ketones is 1. The maximum Gasteiger partial charge on any atom is 0.259 e. The molecule has 0 bridgehead atoms. The summed E-state index contributed by atoms with van der Waals surface area (Å²) < 4.78 is 3.22. The average Bonchev–Trinajstić information content (AvgIpc) is 3.40. The molecule has 0 radical (unpaired) electrons. The van der Waals surface area contributed by atoms with Crippen LogP contribution in [0.3, 0.4) is 0 Å². The second kappa shape index (κ2) is 10.1. The molecule has 0 spiro atoms. The van der Waals surface area contributed by atoms with E-state index in [1.165, 1.54) is 10.9 Å². The zero-order chi connectivity index (χ0) is 25.1. The number of benzene rings is 1. The quantitative estimate of drug-likeness (QED) is 0.362. The summed E-state index contributed by atoms with van der Waals surface area (Å²) in [6.45, 7) is 3.81. The van der Waals surface area contributed by atoms with Crippen molar-refractivity contribution in [2.75, 3.05) is 12.4 Å². The Morgan fingerprint density at radius 1 is 1.09 bits per heavy atom. The molecular formula is C24H24ClN7O3. The Kier molecular flexibility index (Phi) is 6.92. The molecule has 10 nitrogen and oxygen atoms in total. The molecule has 11 heteroatoms. The molecular weight excluding hydrogens is 470 g/mol. The number of aromatic nitrogens is 5. The number of fused-ring (bicyclic) bond motifs is 1. The van der Waals surface area contributed by atoms with Gasteiger partial charge in [-0.15, -0.1) is 10.2 Å². The summed E-state index contributed by atoms with van der Waals surface area (Å²) in [7, 11) is 1.55. The van der Waals surface area contributed by atoms with E-state index in [1.54, 1.807) is 55.1 Å². The third kappa shape index (κ3) is 4.92. The van der Waals surface area contributed by atoms with E-state index >= 15 is 0 Å². The number of rotatable bonds is 8. The van der Waals surface area contributed by atoms with E-state index < -0.39 is 5.91 Å². The van der Waals surface area contributed by atoms with Gasteiger partial charge < -0.3 is 15.2 Å². The number of halogens is 1. The van der Waals surface area contributed by atoms with Gasteiger partial charge in [0.2, 0.25) is 5.91 Å². The van der Waals surface area contributed by atoms with Crippen LogP contribution in [0.5, 0.6) is 0 Å². The fourth-order valence-corrected chi connectivity index (χ4v) is 3.95. The van der Waals surface area contributed by atoms with Gasteiger partial charge in [0, 0.05) is 35.6 Å². The van der Waals surface area contributed by atoms with Crippen LogP contribution in [0.4, 0.5) is 5.82 Å². The van der Waals surface area contributed by atoms with Crippen molar-refractivity contribution in [3.8, 4) is 5.82 Å². The van der Waals surface area contributed by atoms with Crippen LogP contribution in [-0.4, -0.2) is 49.2 Å². The van der Waals surface area contributed by atoms with E-state index in [4.69, 9.17) is 11.6 Å². The van der Waals surface area contributed by atoms with Gasteiger partial charge in [-0.3, -0.25) is 14.4 Å².